The van der Waals surface area contributed by atoms with Crippen LogP contribution in [0.3, 0.4) is 0 Å². The van der Waals surface area contributed by atoms with Crippen molar-refractivity contribution < 1.29 is 4.52 Å². The first-order valence-corrected chi connectivity index (χ1v) is 11.7. The first-order valence-electron chi connectivity index (χ1n) is 11.4. The van der Waals surface area contributed by atoms with E-state index in [0.717, 1.165) is 40.0 Å². The second-order valence-electron chi connectivity index (χ2n) is 8.48. The van der Waals surface area contributed by atoms with Crippen molar-refractivity contribution in [1.82, 2.24) is 14.7 Å². The lowest BCUT2D eigenvalue weighted by Gasteiger charge is -2.07. The average Bonchev–Trinajstić information content (AvgIpc) is 3.48. The third-order valence-electron chi connectivity index (χ3n) is 6.23. The van der Waals surface area contributed by atoms with Crippen LogP contribution in [0.15, 0.2) is 102 Å². The predicted octanol–water partition coefficient (Wildman–Crippen LogP) is 7.33. The van der Waals surface area contributed by atoms with Gasteiger partial charge in [0.05, 0.1) is 5.56 Å². The SMILES string of the molecule is Clc1ccccc1CCc1noc(-c2cn(Cc3ccc4ccccc4c3)c3ccccc23)n1. The van der Waals surface area contributed by atoms with Crippen LogP contribution >= 0.6 is 11.6 Å². The van der Waals surface area contributed by atoms with E-state index in [-0.39, 0.29) is 0 Å². The van der Waals surface area contributed by atoms with Gasteiger partial charge in [-0.2, -0.15) is 4.98 Å². The van der Waals surface area contributed by atoms with Gasteiger partial charge in [0.1, 0.15) is 0 Å². The Morgan fingerprint density at radius 1 is 0.794 bits per heavy atom. The number of rotatable bonds is 6. The lowest BCUT2D eigenvalue weighted by atomic mass is 10.1. The smallest absolute Gasteiger partial charge is 0.260 e. The molecule has 2 aromatic heterocycles. The molecule has 0 saturated heterocycles. The quantitative estimate of drug-likeness (QED) is 0.259. The summed E-state index contributed by atoms with van der Waals surface area (Å²) < 4.78 is 7.94. The molecule has 5 heteroatoms. The summed E-state index contributed by atoms with van der Waals surface area (Å²) in [7, 11) is 0. The Hall–Kier alpha value is -3.89. The number of halogens is 1. The zero-order chi connectivity index (χ0) is 22.9. The van der Waals surface area contributed by atoms with Crippen LogP contribution in [0.2, 0.25) is 5.02 Å². The summed E-state index contributed by atoms with van der Waals surface area (Å²) in [6.45, 7) is 0.763. The Kier molecular flexibility index (Phi) is 5.36. The standard InChI is InChI=1S/C29H22ClN3O/c30-26-11-5-3-8-22(26)15-16-28-31-29(34-32-28)25-19-33(27-12-6-4-10-24(25)27)18-20-13-14-21-7-1-2-9-23(21)17-20/h1-14,17,19H,15-16,18H2. The first-order chi connectivity index (χ1) is 16.7. The van der Waals surface area contributed by atoms with Gasteiger partial charge in [0.15, 0.2) is 5.82 Å². The molecule has 0 fully saturated rings. The maximum atomic E-state index is 6.29. The third kappa shape index (κ3) is 3.97. The van der Waals surface area contributed by atoms with E-state index < -0.39 is 0 Å². The van der Waals surface area contributed by atoms with E-state index in [1.165, 1.54) is 16.3 Å². The fraction of sp³-hybridized carbons (Fsp3) is 0.103. The van der Waals surface area contributed by atoms with Gasteiger partial charge in [-0.3, -0.25) is 0 Å². The van der Waals surface area contributed by atoms with Gasteiger partial charge in [-0.05, 0) is 46.5 Å². The molecule has 0 aliphatic carbocycles. The maximum absolute atomic E-state index is 6.29. The Bertz CT molecular complexity index is 1610. The number of aromatic nitrogens is 3. The van der Waals surface area contributed by atoms with Crippen molar-refractivity contribution in [2.45, 2.75) is 19.4 Å². The van der Waals surface area contributed by atoms with Crippen molar-refractivity contribution in [3.05, 3.63) is 119 Å². The van der Waals surface area contributed by atoms with Gasteiger partial charge in [-0.1, -0.05) is 89.6 Å². The Labute approximate surface area is 202 Å². The molecule has 6 rings (SSSR count). The van der Waals surface area contributed by atoms with Crippen molar-refractivity contribution in [1.29, 1.82) is 0 Å². The minimum atomic E-state index is 0.544. The van der Waals surface area contributed by atoms with Crippen molar-refractivity contribution in [3.63, 3.8) is 0 Å². The van der Waals surface area contributed by atoms with Crippen LogP contribution in [0.5, 0.6) is 0 Å². The predicted molar refractivity (Wildman–Crippen MR) is 137 cm³/mol. The van der Waals surface area contributed by atoms with Crippen LogP contribution in [-0.4, -0.2) is 14.7 Å². The number of hydrogen-bond acceptors (Lipinski definition) is 3. The highest BCUT2D eigenvalue weighted by Gasteiger charge is 2.16. The normalized spacial score (nSPS) is 11.4. The largest absolute Gasteiger partial charge is 0.342 e. The Morgan fingerprint density at radius 2 is 1.59 bits per heavy atom. The molecule has 34 heavy (non-hydrogen) atoms. The lowest BCUT2D eigenvalue weighted by molar-refractivity contribution is 0.422. The average molecular weight is 464 g/mol. The molecule has 0 aliphatic rings. The van der Waals surface area contributed by atoms with E-state index in [2.05, 4.69) is 76.6 Å². The highest BCUT2D eigenvalue weighted by Crippen LogP contribution is 2.31. The summed E-state index contributed by atoms with van der Waals surface area (Å²) in [5.74, 6) is 1.23. The van der Waals surface area contributed by atoms with Gasteiger partial charge >= 0.3 is 0 Å². The number of hydrogen-bond donors (Lipinski definition) is 0. The summed E-state index contributed by atoms with van der Waals surface area (Å²) in [5, 5.41) is 8.60. The van der Waals surface area contributed by atoms with Gasteiger partial charge in [0, 0.05) is 35.1 Å². The summed E-state index contributed by atoms with van der Waals surface area (Å²) in [5.41, 5.74) is 4.42. The van der Waals surface area contributed by atoms with Crippen LogP contribution < -0.4 is 0 Å². The highest BCUT2D eigenvalue weighted by molar-refractivity contribution is 6.31. The topological polar surface area (TPSA) is 43.9 Å². The van der Waals surface area contributed by atoms with Crippen molar-refractivity contribution in [2.24, 2.45) is 0 Å². The summed E-state index contributed by atoms with van der Waals surface area (Å²) in [6.07, 6.45) is 3.55. The van der Waals surface area contributed by atoms with Crippen LogP contribution in [-0.2, 0) is 19.4 Å². The van der Waals surface area contributed by atoms with Gasteiger partial charge in [-0.25, -0.2) is 0 Å². The van der Waals surface area contributed by atoms with Gasteiger partial charge < -0.3 is 9.09 Å². The van der Waals surface area contributed by atoms with E-state index in [4.69, 9.17) is 21.1 Å². The number of aryl methyl sites for hydroxylation is 2. The fourth-order valence-corrected chi connectivity index (χ4v) is 4.72. The van der Waals surface area contributed by atoms with Crippen LogP contribution in [0.1, 0.15) is 17.0 Å². The number of benzene rings is 4. The fourth-order valence-electron chi connectivity index (χ4n) is 4.49. The van der Waals surface area contributed by atoms with E-state index in [1.807, 2.05) is 30.3 Å². The zero-order valence-corrected chi connectivity index (χ0v) is 19.2. The molecule has 4 aromatic carbocycles. The molecule has 2 heterocycles. The van der Waals surface area contributed by atoms with E-state index in [1.54, 1.807) is 0 Å². The summed E-state index contributed by atoms with van der Waals surface area (Å²) in [4.78, 5) is 4.70. The molecule has 0 amide bonds. The zero-order valence-electron chi connectivity index (χ0n) is 18.5. The number of para-hydroxylation sites is 1. The second kappa shape index (κ2) is 8.81. The van der Waals surface area contributed by atoms with Gasteiger partial charge in [0.2, 0.25) is 0 Å². The summed E-state index contributed by atoms with van der Waals surface area (Å²) in [6, 6.07) is 31.3. The maximum Gasteiger partial charge on any atom is 0.260 e. The van der Waals surface area contributed by atoms with Gasteiger partial charge in [-0.15, -0.1) is 0 Å². The second-order valence-corrected chi connectivity index (χ2v) is 8.88. The van der Waals surface area contributed by atoms with E-state index in [9.17, 15) is 0 Å². The summed E-state index contributed by atoms with van der Waals surface area (Å²) >= 11 is 6.29. The minimum Gasteiger partial charge on any atom is -0.342 e. The molecular formula is C29H22ClN3O. The Morgan fingerprint density at radius 3 is 2.50 bits per heavy atom. The molecule has 0 atom stereocenters. The van der Waals surface area contributed by atoms with Crippen LogP contribution in [0.25, 0.3) is 33.1 Å². The molecule has 6 aromatic rings. The molecule has 0 spiro atoms. The lowest BCUT2D eigenvalue weighted by Crippen LogP contribution is -1.97. The molecule has 0 bridgehead atoms. The molecule has 0 radical (unpaired) electrons. The van der Waals surface area contributed by atoms with Crippen molar-refractivity contribution in [3.8, 4) is 11.5 Å². The Balaban J connectivity index is 1.30. The van der Waals surface area contributed by atoms with Crippen molar-refractivity contribution in [2.75, 3.05) is 0 Å². The third-order valence-corrected chi connectivity index (χ3v) is 6.60. The van der Waals surface area contributed by atoms with E-state index in [0.29, 0.717) is 18.1 Å². The molecule has 0 aliphatic heterocycles. The monoisotopic (exact) mass is 463 g/mol. The van der Waals surface area contributed by atoms with Gasteiger partial charge in [0.25, 0.3) is 5.89 Å². The highest BCUT2D eigenvalue weighted by atomic mass is 35.5. The van der Waals surface area contributed by atoms with E-state index >= 15 is 0 Å². The molecular weight excluding hydrogens is 442 g/mol. The number of fused-ring (bicyclic) bond motifs is 2. The van der Waals surface area contributed by atoms with Crippen LogP contribution in [0.4, 0.5) is 0 Å². The molecule has 4 nitrogen and oxygen atoms in total. The first kappa shape index (κ1) is 20.7. The van der Waals surface area contributed by atoms with Crippen molar-refractivity contribution >= 4 is 33.3 Å². The molecule has 166 valence electrons. The molecule has 0 unspecified atom stereocenters. The van der Waals surface area contributed by atoms with Crippen LogP contribution in [0, 0.1) is 0 Å². The molecule has 0 N–H and O–H groups in total. The molecule has 0 saturated carbocycles. The number of nitrogens with zero attached hydrogens (tertiary/aromatic N) is 3. The minimum absolute atomic E-state index is 0.544.